The van der Waals surface area contributed by atoms with Crippen molar-refractivity contribution in [2.24, 2.45) is 0 Å². The molecule has 4 atom stereocenters. The van der Waals surface area contributed by atoms with Crippen molar-refractivity contribution in [2.45, 2.75) is 31.0 Å². The lowest BCUT2D eigenvalue weighted by Crippen LogP contribution is -2.40. The Morgan fingerprint density at radius 2 is 2.25 bits per heavy atom. The Bertz CT molecular complexity index is 646. The number of aliphatic hydroxyl groups excluding tert-OH is 2. The molecular formula is C11H14FN5O3. The van der Waals surface area contributed by atoms with Gasteiger partial charge in [0.05, 0.1) is 12.9 Å². The summed E-state index contributed by atoms with van der Waals surface area (Å²) in [6.07, 6.45) is -1.06. The highest BCUT2D eigenvalue weighted by Gasteiger charge is 2.55. The summed E-state index contributed by atoms with van der Waals surface area (Å²) in [5, 5.41) is 19.0. The number of alkyl halides is 1. The molecule has 2 aromatic rings. The molecule has 3 rings (SSSR count). The van der Waals surface area contributed by atoms with E-state index in [2.05, 4.69) is 15.0 Å². The normalized spacial score (nSPS) is 33.9. The first-order chi connectivity index (χ1) is 9.46. The van der Waals surface area contributed by atoms with Crippen LogP contribution in [-0.4, -0.2) is 54.2 Å². The van der Waals surface area contributed by atoms with Crippen LogP contribution in [-0.2, 0) is 4.74 Å². The van der Waals surface area contributed by atoms with Crippen molar-refractivity contribution in [3.05, 3.63) is 12.7 Å². The second-order valence-electron chi connectivity index (χ2n) is 4.89. The van der Waals surface area contributed by atoms with E-state index in [1.807, 2.05) is 0 Å². The van der Waals surface area contributed by atoms with E-state index in [0.717, 1.165) is 0 Å². The number of fused-ring (bicyclic) bond motifs is 1. The molecule has 20 heavy (non-hydrogen) atoms. The molecule has 9 heteroatoms. The summed E-state index contributed by atoms with van der Waals surface area (Å²) in [5.41, 5.74) is 4.20. The zero-order valence-electron chi connectivity index (χ0n) is 10.6. The van der Waals surface area contributed by atoms with E-state index in [1.54, 1.807) is 0 Å². The minimum atomic E-state index is -2.10. The number of nitrogens with two attached hydrogens (primary N) is 1. The molecule has 0 aromatic carbocycles. The first-order valence-corrected chi connectivity index (χ1v) is 6.03. The van der Waals surface area contributed by atoms with Crippen molar-refractivity contribution in [1.29, 1.82) is 0 Å². The molecule has 0 radical (unpaired) electrons. The zero-order valence-corrected chi connectivity index (χ0v) is 10.6. The molecule has 1 aliphatic rings. The molecule has 3 heterocycles. The van der Waals surface area contributed by atoms with Crippen LogP contribution in [0.1, 0.15) is 13.2 Å². The number of ether oxygens (including phenoxy) is 1. The van der Waals surface area contributed by atoms with Crippen molar-refractivity contribution in [3.63, 3.8) is 0 Å². The van der Waals surface area contributed by atoms with Gasteiger partial charge in [0.15, 0.2) is 23.4 Å². The average Bonchev–Trinajstić information content (AvgIpc) is 2.92. The molecule has 0 bridgehead atoms. The van der Waals surface area contributed by atoms with Crippen LogP contribution in [0, 0.1) is 0 Å². The Balaban J connectivity index is 2.10. The number of nitrogens with zero attached hydrogens (tertiary/aromatic N) is 4. The van der Waals surface area contributed by atoms with Crippen molar-refractivity contribution in [1.82, 2.24) is 19.5 Å². The van der Waals surface area contributed by atoms with E-state index >= 15 is 0 Å². The largest absolute Gasteiger partial charge is 0.394 e. The molecule has 0 saturated carbocycles. The molecule has 1 aliphatic heterocycles. The van der Waals surface area contributed by atoms with E-state index < -0.39 is 30.7 Å². The molecule has 8 nitrogen and oxygen atoms in total. The monoisotopic (exact) mass is 283 g/mol. The van der Waals surface area contributed by atoms with Gasteiger partial charge in [-0.15, -0.1) is 0 Å². The number of anilines is 1. The van der Waals surface area contributed by atoms with Crippen LogP contribution in [0.2, 0.25) is 0 Å². The molecule has 2 aromatic heterocycles. The first-order valence-electron chi connectivity index (χ1n) is 6.03. The van der Waals surface area contributed by atoms with E-state index in [0.29, 0.717) is 11.2 Å². The van der Waals surface area contributed by atoms with Crippen molar-refractivity contribution in [2.75, 3.05) is 12.3 Å². The highest BCUT2D eigenvalue weighted by molar-refractivity contribution is 5.81. The lowest BCUT2D eigenvalue weighted by atomic mass is 9.98. The molecule has 1 saturated heterocycles. The summed E-state index contributed by atoms with van der Waals surface area (Å²) in [5.74, 6) is 0.173. The maximum Gasteiger partial charge on any atom is 0.181 e. The lowest BCUT2D eigenvalue weighted by molar-refractivity contribution is -0.0566. The standard InChI is InChI=1S/C11H14FN5O3/c1-11(12)7(19)5(2-18)20-10(11)17-4-16-6-8(13)14-3-15-9(6)17/h3-5,7,10,18-19H,2H2,1H3,(H2,13,14,15)/t5-,7-,10-,11-/m1/s1. The van der Waals surface area contributed by atoms with Gasteiger partial charge < -0.3 is 20.7 Å². The molecule has 0 unspecified atom stereocenters. The topological polar surface area (TPSA) is 119 Å². The van der Waals surface area contributed by atoms with Crippen LogP contribution in [0.25, 0.3) is 11.2 Å². The van der Waals surface area contributed by atoms with Gasteiger partial charge in [0.1, 0.15) is 24.1 Å². The van der Waals surface area contributed by atoms with E-state index in [-0.39, 0.29) is 5.82 Å². The smallest absolute Gasteiger partial charge is 0.181 e. The number of hydrogen-bond acceptors (Lipinski definition) is 7. The molecule has 0 spiro atoms. The lowest BCUT2D eigenvalue weighted by Gasteiger charge is -2.24. The highest BCUT2D eigenvalue weighted by Crippen LogP contribution is 2.42. The zero-order chi connectivity index (χ0) is 14.5. The van der Waals surface area contributed by atoms with Gasteiger partial charge in [-0.05, 0) is 6.92 Å². The third-order valence-electron chi connectivity index (χ3n) is 3.54. The minimum Gasteiger partial charge on any atom is -0.394 e. The second-order valence-corrected chi connectivity index (χ2v) is 4.89. The van der Waals surface area contributed by atoms with Crippen LogP contribution >= 0.6 is 0 Å². The van der Waals surface area contributed by atoms with Crippen LogP contribution in [0.4, 0.5) is 10.2 Å². The van der Waals surface area contributed by atoms with Gasteiger partial charge in [-0.25, -0.2) is 19.3 Å². The fourth-order valence-electron chi connectivity index (χ4n) is 2.40. The maximum absolute atomic E-state index is 14.7. The number of hydrogen-bond donors (Lipinski definition) is 3. The van der Waals surface area contributed by atoms with Gasteiger partial charge in [-0.3, -0.25) is 4.57 Å². The summed E-state index contributed by atoms with van der Waals surface area (Å²) >= 11 is 0. The first kappa shape index (κ1) is 13.2. The summed E-state index contributed by atoms with van der Waals surface area (Å²) in [6, 6.07) is 0. The van der Waals surface area contributed by atoms with Crippen molar-refractivity contribution < 1.29 is 19.3 Å². The Labute approximate surface area is 113 Å². The average molecular weight is 283 g/mol. The van der Waals surface area contributed by atoms with E-state index in [4.69, 9.17) is 15.6 Å². The van der Waals surface area contributed by atoms with Gasteiger partial charge in [-0.1, -0.05) is 0 Å². The maximum atomic E-state index is 14.7. The predicted molar refractivity (Wildman–Crippen MR) is 66.3 cm³/mol. The van der Waals surface area contributed by atoms with Crippen LogP contribution in [0.3, 0.4) is 0 Å². The van der Waals surface area contributed by atoms with Crippen LogP contribution in [0.5, 0.6) is 0 Å². The Morgan fingerprint density at radius 3 is 2.90 bits per heavy atom. The van der Waals surface area contributed by atoms with Gasteiger partial charge in [0, 0.05) is 0 Å². The van der Waals surface area contributed by atoms with Crippen molar-refractivity contribution in [3.8, 4) is 0 Å². The molecule has 108 valence electrons. The van der Waals surface area contributed by atoms with Crippen LogP contribution in [0.15, 0.2) is 12.7 Å². The number of aliphatic hydroxyl groups is 2. The summed E-state index contributed by atoms with van der Waals surface area (Å²) in [6.45, 7) is 0.718. The molecular weight excluding hydrogens is 269 g/mol. The van der Waals surface area contributed by atoms with Gasteiger partial charge >= 0.3 is 0 Å². The molecule has 0 aliphatic carbocycles. The molecule has 1 fully saturated rings. The minimum absolute atomic E-state index is 0.173. The third kappa shape index (κ3) is 1.67. The quantitative estimate of drug-likeness (QED) is 0.672. The fraction of sp³-hybridized carbons (Fsp3) is 0.545. The van der Waals surface area contributed by atoms with E-state index in [9.17, 15) is 9.50 Å². The fourth-order valence-corrected chi connectivity index (χ4v) is 2.40. The van der Waals surface area contributed by atoms with Gasteiger partial charge in [-0.2, -0.15) is 0 Å². The van der Waals surface area contributed by atoms with Gasteiger partial charge in [0.25, 0.3) is 0 Å². The van der Waals surface area contributed by atoms with Gasteiger partial charge in [0.2, 0.25) is 0 Å². The summed E-state index contributed by atoms with van der Waals surface area (Å²) < 4.78 is 21.4. The van der Waals surface area contributed by atoms with E-state index in [1.165, 1.54) is 24.1 Å². The number of halogens is 1. The second kappa shape index (κ2) is 4.33. The molecule has 4 N–H and O–H groups in total. The Kier molecular flexibility index (Phi) is 2.85. The number of aromatic nitrogens is 4. The number of imidazole rings is 1. The number of rotatable bonds is 2. The Morgan fingerprint density at radius 1 is 1.50 bits per heavy atom. The summed E-state index contributed by atoms with van der Waals surface area (Å²) in [4.78, 5) is 11.8. The Hall–Kier alpha value is -1.84. The third-order valence-corrected chi connectivity index (χ3v) is 3.54. The summed E-state index contributed by atoms with van der Waals surface area (Å²) in [7, 11) is 0. The molecule has 0 amide bonds. The highest BCUT2D eigenvalue weighted by atomic mass is 19.1. The predicted octanol–water partition coefficient (Wildman–Crippen LogP) is -0.613. The van der Waals surface area contributed by atoms with Crippen LogP contribution < -0.4 is 5.73 Å². The van der Waals surface area contributed by atoms with Crippen molar-refractivity contribution >= 4 is 17.0 Å². The number of nitrogen functional groups attached to an aromatic ring is 1. The SMILES string of the molecule is C[C@@]1(F)[C@H](O)[C@@H](CO)O[C@H]1n1cnc2c(N)ncnc21.